The lowest BCUT2D eigenvalue weighted by Crippen LogP contribution is -2.12. The summed E-state index contributed by atoms with van der Waals surface area (Å²) in [6.07, 6.45) is 4.87. The van der Waals surface area contributed by atoms with Crippen molar-refractivity contribution in [3.05, 3.63) is 25.3 Å². The molecule has 0 unspecified atom stereocenters. The van der Waals surface area contributed by atoms with Crippen molar-refractivity contribution in [2.24, 2.45) is 0 Å². The molecule has 0 aliphatic heterocycles. The zero-order chi connectivity index (χ0) is 17.6. The van der Waals surface area contributed by atoms with Crippen molar-refractivity contribution in [2.45, 2.75) is 26.2 Å². The van der Waals surface area contributed by atoms with E-state index in [1.54, 1.807) is 0 Å². The number of unbranched alkanes of at least 4 members (excludes halogenated alkanes) is 2. The second-order valence-corrected chi connectivity index (χ2v) is 6.64. The highest BCUT2D eigenvalue weighted by atomic mass is 31.2. The summed E-state index contributed by atoms with van der Waals surface area (Å²) in [5.74, 6) is -1.15. The van der Waals surface area contributed by atoms with Crippen LogP contribution in [0.15, 0.2) is 25.3 Å². The summed E-state index contributed by atoms with van der Waals surface area (Å²) in [4.78, 5) is 21.8. The van der Waals surface area contributed by atoms with Gasteiger partial charge in [-0.2, -0.15) is 0 Å². The summed E-state index contributed by atoms with van der Waals surface area (Å²) in [5, 5.41) is 0. The Morgan fingerprint density at radius 1 is 0.913 bits per heavy atom. The molecule has 0 aromatic rings. The van der Waals surface area contributed by atoms with Crippen LogP contribution in [0.1, 0.15) is 26.2 Å². The van der Waals surface area contributed by atoms with E-state index in [1.165, 1.54) is 0 Å². The molecule has 0 aromatic carbocycles. The molecule has 0 saturated heterocycles. The minimum Gasteiger partial charge on any atom is -0.460 e. The fourth-order valence-corrected chi connectivity index (χ4v) is 3.13. The van der Waals surface area contributed by atoms with Crippen LogP contribution in [0.4, 0.5) is 0 Å². The molecule has 0 aliphatic carbocycles. The van der Waals surface area contributed by atoms with Crippen molar-refractivity contribution in [2.75, 3.05) is 32.6 Å². The van der Waals surface area contributed by atoms with Crippen molar-refractivity contribution in [3.63, 3.8) is 0 Å². The molecule has 0 saturated carbocycles. The van der Waals surface area contributed by atoms with Gasteiger partial charge >= 0.3 is 19.5 Å². The predicted octanol–water partition coefficient (Wildman–Crippen LogP) is 2.86. The first-order valence-electron chi connectivity index (χ1n) is 7.44. The van der Waals surface area contributed by atoms with Crippen molar-refractivity contribution in [1.29, 1.82) is 0 Å². The van der Waals surface area contributed by atoms with Crippen LogP contribution in [-0.4, -0.2) is 44.5 Å². The van der Waals surface area contributed by atoms with Crippen LogP contribution in [0.25, 0.3) is 0 Å². The van der Waals surface area contributed by atoms with Gasteiger partial charge in [0.1, 0.15) is 13.2 Å². The Hall–Kier alpha value is -1.43. The Bertz CT molecular complexity index is 402. The van der Waals surface area contributed by atoms with Crippen LogP contribution in [0.5, 0.6) is 0 Å². The molecule has 0 bridgehead atoms. The van der Waals surface area contributed by atoms with Gasteiger partial charge in [-0.25, -0.2) is 9.59 Å². The van der Waals surface area contributed by atoms with E-state index in [9.17, 15) is 14.2 Å². The Morgan fingerprint density at radius 3 is 1.78 bits per heavy atom. The molecule has 0 atom stereocenters. The monoisotopic (exact) mass is 348 g/mol. The Kier molecular flexibility index (Phi) is 12.2. The number of rotatable bonds is 14. The summed E-state index contributed by atoms with van der Waals surface area (Å²) in [5.41, 5.74) is 0. The molecule has 23 heavy (non-hydrogen) atoms. The maximum Gasteiger partial charge on any atom is 0.330 e. The van der Waals surface area contributed by atoms with E-state index in [0.717, 1.165) is 25.0 Å². The van der Waals surface area contributed by atoms with E-state index in [2.05, 4.69) is 13.2 Å². The zero-order valence-corrected chi connectivity index (χ0v) is 14.4. The van der Waals surface area contributed by atoms with Crippen molar-refractivity contribution >= 4 is 19.5 Å². The van der Waals surface area contributed by atoms with E-state index in [0.29, 0.717) is 6.42 Å². The molecular weight excluding hydrogens is 323 g/mol. The molecule has 0 rings (SSSR count). The summed E-state index contributed by atoms with van der Waals surface area (Å²) >= 11 is 0. The molecule has 7 nitrogen and oxygen atoms in total. The fourth-order valence-electron chi connectivity index (χ4n) is 1.48. The smallest absolute Gasteiger partial charge is 0.330 e. The Morgan fingerprint density at radius 2 is 1.39 bits per heavy atom. The van der Waals surface area contributed by atoms with Gasteiger partial charge in [-0.15, -0.1) is 0 Å². The SMILES string of the molecule is C=CC(=O)OCCOP(=O)(CCCCC)OCCOC(=O)C=C. The molecule has 0 spiro atoms. The minimum atomic E-state index is -3.32. The van der Waals surface area contributed by atoms with Gasteiger partial charge < -0.3 is 18.5 Å². The third-order valence-corrected chi connectivity index (χ3v) is 4.62. The Labute approximate surface area is 137 Å². The van der Waals surface area contributed by atoms with Crippen LogP contribution >= 0.6 is 7.60 Å². The standard InChI is InChI=1S/C15H25O7P/c1-4-7-8-13-23(18,21-11-9-19-14(16)5-2)22-12-10-20-15(17)6-3/h5-6H,2-4,7-13H2,1H3. The first kappa shape index (κ1) is 21.6. The van der Waals surface area contributed by atoms with Gasteiger partial charge in [-0.05, 0) is 6.42 Å². The number of ether oxygens (including phenoxy) is 2. The van der Waals surface area contributed by atoms with Gasteiger partial charge in [0.15, 0.2) is 0 Å². The van der Waals surface area contributed by atoms with Gasteiger partial charge in [-0.3, -0.25) is 4.57 Å². The first-order chi connectivity index (χ1) is 11.0. The van der Waals surface area contributed by atoms with E-state index < -0.39 is 19.5 Å². The molecule has 8 heteroatoms. The highest BCUT2D eigenvalue weighted by Gasteiger charge is 2.24. The second-order valence-electron chi connectivity index (χ2n) is 4.45. The van der Waals surface area contributed by atoms with Gasteiger partial charge in [0.2, 0.25) is 0 Å². The van der Waals surface area contributed by atoms with Gasteiger partial charge in [0.05, 0.1) is 19.4 Å². The first-order valence-corrected chi connectivity index (χ1v) is 9.16. The van der Waals surface area contributed by atoms with E-state index in [1.807, 2.05) is 6.92 Å². The average molecular weight is 348 g/mol. The summed E-state index contributed by atoms with van der Waals surface area (Å²) in [6, 6.07) is 0. The topological polar surface area (TPSA) is 88.1 Å². The highest BCUT2D eigenvalue weighted by Crippen LogP contribution is 2.48. The lowest BCUT2D eigenvalue weighted by Gasteiger charge is -2.18. The van der Waals surface area contributed by atoms with Crippen LogP contribution in [0.3, 0.4) is 0 Å². The molecule has 0 aromatic heterocycles. The largest absolute Gasteiger partial charge is 0.460 e. The van der Waals surface area contributed by atoms with E-state index >= 15 is 0 Å². The van der Waals surface area contributed by atoms with E-state index in [-0.39, 0.29) is 32.6 Å². The molecule has 0 amide bonds. The van der Waals surface area contributed by atoms with Crippen LogP contribution in [-0.2, 0) is 32.7 Å². The maximum absolute atomic E-state index is 12.6. The molecule has 132 valence electrons. The van der Waals surface area contributed by atoms with Crippen molar-refractivity contribution in [1.82, 2.24) is 0 Å². The summed E-state index contributed by atoms with van der Waals surface area (Å²) in [6.45, 7) is 8.37. The summed E-state index contributed by atoms with van der Waals surface area (Å²) in [7, 11) is -3.32. The van der Waals surface area contributed by atoms with E-state index in [4.69, 9.17) is 18.5 Å². The lowest BCUT2D eigenvalue weighted by atomic mass is 10.3. The second kappa shape index (κ2) is 13.0. The number of carbonyl (C=O) groups is 2. The summed E-state index contributed by atoms with van der Waals surface area (Å²) < 4.78 is 32.6. The third kappa shape index (κ3) is 11.8. The minimum absolute atomic E-state index is 0.0442. The van der Waals surface area contributed by atoms with Crippen molar-refractivity contribution in [3.8, 4) is 0 Å². The van der Waals surface area contributed by atoms with Gasteiger partial charge in [-0.1, -0.05) is 32.9 Å². The van der Waals surface area contributed by atoms with Crippen LogP contribution in [0, 0.1) is 0 Å². The zero-order valence-electron chi connectivity index (χ0n) is 13.5. The van der Waals surface area contributed by atoms with Crippen molar-refractivity contribution < 1.29 is 32.7 Å². The number of hydrogen-bond acceptors (Lipinski definition) is 7. The highest BCUT2D eigenvalue weighted by molar-refractivity contribution is 7.53. The quantitative estimate of drug-likeness (QED) is 0.206. The lowest BCUT2D eigenvalue weighted by molar-refractivity contribution is -0.139. The molecule has 0 N–H and O–H groups in total. The molecule has 0 aliphatic rings. The number of hydrogen-bond donors (Lipinski definition) is 0. The Balaban J connectivity index is 4.24. The van der Waals surface area contributed by atoms with Crippen LogP contribution in [0.2, 0.25) is 0 Å². The van der Waals surface area contributed by atoms with Gasteiger partial charge in [0, 0.05) is 12.2 Å². The maximum atomic E-state index is 12.6. The number of carbonyl (C=O) groups excluding carboxylic acids is 2. The average Bonchev–Trinajstić information content (AvgIpc) is 2.55. The molecular formula is C15H25O7P. The predicted molar refractivity (Wildman–Crippen MR) is 86.2 cm³/mol. The fraction of sp³-hybridized carbons (Fsp3) is 0.600. The molecule has 0 fully saturated rings. The van der Waals surface area contributed by atoms with Gasteiger partial charge in [0.25, 0.3) is 0 Å². The normalized spacial score (nSPS) is 10.8. The third-order valence-electron chi connectivity index (χ3n) is 2.60. The van der Waals surface area contributed by atoms with Crippen LogP contribution < -0.4 is 0 Å². The molecule has 0 radical (unpaired) electrons. The molecule has 0 heterocycles. The number of esters is 2.